The molecule has 1 unspecified atom stereocenters. The molecule has 0 bridgehead atoms. The van der Waals surface area contributed by atoms with Gasteiger partial charge in [-0.2, -0.15) is 0 Å². The Morgan fingerprint density at radius 2 is 2.17 bits per heavy atom. The molecule has 1 atom stereocenters. The molecule has 7 nitrogen and oxygen atoms in total. The fraction of sp³-hybridized carbons (Fsp3) is 0.529. The zero-order valence-corrected chi connectivity index (χ0v) is 13.7. The van der Waals surface area contributed by atoms with Gasteiger partial charge in [0.05, 0.1) is 5.56 Å². The molecule has 4 rings (SSSR count). The molecule has 2 aromatic rings. The van der Waals surface area contributed by atoms with Crippen molar-refractivity contribution in [1.29, 1.82) is 0 Å². The van der Waals surface area contributed by atoms with Crippen molar-refractivity contribution in [1.82, 2.24) is 20.5 Å². The predicted molar refractivity (Wildman–Crippen MR) is 88.4 cm³/mol. The SMILES string of the molecule is CC1(c2nnc(-c3cccnc3NC3CCCC3)o2)CCNC1=O. The molecule has 3 heterocycles. The number of nitrogens with one attached hydrogen (secondary N) is 2. The lowest BCUT2D eigenvalue weighted by molar-refractivity contribution is -0.124. The van der Waals surface area contributed by atoms with Gasteiger partial charge >= 0.3 is 0 Å². The Kier molecular flexibility index (Phi) is 3.70. The maximum atomic E-state index is 12.1. The molecule has 1 saturated heterocycles. The van der Waals surface area contributed by atoms with Crippen LogP contribution in [0.25, 0.3) is 11.5 Å². The molecule has 0 aromatic carbocycles. The van der Waals surface area contributed by atoms with Crippen LogP contribution >= 0.6 is 0 Å². The van der Waals surface area contributed by atoms with Crippen molar-refractivity contribution in [3.8, 4) is 11.5 Å². The van der Waals surface area contributed by atoms with Crippen molar-refractivity contribution in [3.05, 3.63) is 24.2 Å². The highest BCUT2D eigenvalue weighted by Crippen LogP contribution is 2.34. The summed E-state index contributed by atoms with van der Waals surface area (Å²) in [6, 6.07) is 4.21. The fourth-order valence-electron chi connectivity index (χ4n) is 3.45. The maximum Gasteiger partial charge on any atom is 0.251 e. The molecular formula is C17H21N5O2. The minimum atomic E-state index is -0.744. The fourth-order valence-corrected chi connectivity index (χ4v) is 3.45. The molecule has 0 radical (unpaired) electrons. The molecular weight excluding hydrogens is 306 g/mol. The van der Waals surface area contributed by atoms with Gasteiger partial charge in [0.1, 0.15) is 11.2 Å². The number of nitrogens with zero attached hydrogens (tertiary/aromatic N) is 3. The van der Waals surface area contributed by atoms with E-state index in [1.165, 1.54) is 12.8 Å². The summed E-state index contributed by atoms with van der Waals surface area (Å²) >= 11 is 0. The summed E-state index contributed by atoms with van der Waals surface area (Å²) in [5.41, 5.74) is 0.0390. The molecule has 24 heavy (non-hydrogen) atoms. The standard InChI is InChI=1S/C17H21N5O2/c1-17(8-10-19-15(17)23)16-22-21-14(24-16)12-7-4-9-18-13(12)20-11-5-2-3-6-11/h4,7,9,11H,2-3,5-6,8,10H2,1H3,(H,18,20)(H,19,23). The number of hydrogen-bond donors (Lipinski definition) is 2. The minimum absolute atomic E-state index is 0.0619. The van der Waals surface area contributed by atoms with Crippen LogP contribution in [0.1, 0.15) is 44.9 Å². The van der Waals surface area contributed by atoms with Crippen molar-refractivity contribution in [2.24, 2.45) is 0 Å². The van der Waals surface area contributed by atoms with Crippen molar-refractivity contribution in [2.45, 2.75) is 50.5 Å². The first-order valence-electron chi connectivity index (χ1n) is 8.51. The second kappa shape index (κ2) is 5.89. The van der Waals surface area contributed by atoms with Gasteiger partial charge in [0.2, 0.25) is 11.8 Å². The Morgan fingerprint density at radius 1 is 1.33 bits per heavy atom. The molecule has 2 N–H and O–H groups in total. The van der Waals surface area contributed by atoms with E-state index in [4.69, 9.17) is 4.42 Å². The summed E-state index contributed by atoms with van der Waals surface area (Å²) in [5, 5.41) is 14.6. The Labute approximate surface area is 140 Å². The Morgan fingerprint density at radius 3 is 2.92 bits per heavy atom. The van der Waals surface area contributed by atoms with E-state index in [0.717, 1.165) is 24.2 Å². The smallest absolute Gasteiger partial charge is 0.251 e. The highest BCUT2D eigenvalue weighted by Gasteiger charge is 2.44. The van der Waals surface area contributed by atoms with Gasteiger partial charge < -0.3 is 15.1 Å². The number of hydrogen-bond acceptors (Lipinski definition) is 6. The van der Waals surface area contributed by atoms with Crippen LogP contribution < -0.4 is 10.6 Å². The molecule has 2 aliphatic rings. The van der Waals surface area contributed by atoms with E-state index in [1.54, 1.807) is 6.20 Å². The maximum absolute atomic E-state index is 12.1. The minimum Gasteiger partial charge on any atom is -0.419 e. The lowest BCUT2D eigenvalue weighted by atomic mass is 9.89. The molecule has 1 aliphatic heterocycles. The van der Waals surface area contributed by atoms with Crippen LogP contribution in [0.5, 0.6) is 0 Å². The number of aromatic nitrogens is 3. The van der Waals surface area contributed by atoms with Crippen LogP contribution in [0.15, 0.2) is 22.7 Å². The summed E-state index contributed by atoms with van der Waals surface area (Å²) in [4.78, 5) is 16.5. The van der Waals surface area contributed by atoms with Gasteiger partial charge in [-0.1, -0.05) is 12.8 Å². The normalized spacial score (nSPS) is 24.3. The van der Waals surface area contributed by atoms with Crippen LogP contribution in [0.4, 0.5) is 5.82 Å². The number of amides is 1. The van der Waals surface area contributed by atoms with Crippen LogP contribution in [-0.2, 0) is 10.2 Å². The van der Waals surface area contributed by atoms with Crippen molar-refractivity contribution < 1.29 is 9.21 Å². The van der Waals surface area contributed by atoms with Gasteiger partial charge in [0, 0.05) is 18.8 Å². The quantitative estimate of drug-likeness (QED) is 0.895. The second-order valence-corrected chi connectivity index (χ2v) is 6.78. The van der Waals surface area contributed by atoms with E-state index in [1.807, 2.05) is 19.1 Å². The summed E-state index contributed by atoms with van der Waals surface area (Å²) in [6.45, 7) is 2.47. The zero-order chi connectivity index (χ0) is 16.6. The van der Waals surface area contributed by atoms with E-state index in [9.17, 15) is 4.79 Å². The summed E-state index contributed by atoms with van der Waals surface area (Å²) in [5.74, 6) is 1.47. The van der Waals surface area contributed by atoms with Gasteiger partial charge in [0.25, 0.3) is 5.89 Å². The number of anilines is 1. The molecule has 2 fully saturated rings. The summed E-state index contributed by atoms with van der Waals surface area (Å²) in [7, 11) is 0. The third-order valence-electron chi connectivity index (χ3n) is 5.04. The van der Waals surface area contributed by atoms with Crippen molar-refractivity contribution in [2.75, 3.05) is 11.9 Å². The summed E-state index contributed by atoms with van der Waals surface area (Å²) in [6.07, 6.45) is 7.22. The topological polar surface area (TPSA) is 92.9 Å². The first kappa shape index (κ1) is 15.1. The zero-order valence-electron chi connectivity index (χ0n) is 13.7. The number of carbonyl (C=O) groups is 1. The lowest BCUT2D eigenvalue weighted by Crippen LogP contribution is -2.32. The third-order valence-corrected chi connectivity index (χ3v) is 5.04. The number of pyridine rings is 1. The van der Waals surface area contributed by atoms with Crippen LogP contribution in [0, 0.1) is 0 Å². The predicted octanol–water partition coefficient (Wildman–Crippen LogP) is 2.26. The molecule has 1 aliphatic carbocycles. The molecule has 2 aromatic heterocycles. The summed E-state index contributed by atoms with van der Waals surface area (Å²) < 4.78 is 5.87. The average molecular weight is 327 g/mol. The molecule has 1 amide bonds. The average Bonchev–Trinajstić information content (AvgIpc) is 3.31. The lowest BCUT2D eigenvalue weighted by Gasteiger charge is -2.15. The second-order valence-electron chi connectivity index (χ2n) is 6.78. The highest BCUT2D eigenvalue weighted by atomic mass is 16.4. The largest absolute Gasteiger partial charge is 0.419 e. The Bertz CT molecular complexity index is 753. The number of rotatable bonds is 4. The van der Waals surface area contributed by atoms with E-state index < -0.39 is 5.41 Å². The van der Waals surface area contributed by atoms with E-state index in [-0.39, 0.29) is 5.91 Å². The van der Waals surface area contributed by atoms with Crippen LogP contribution in [0.2, 0.25) is 0 Å². The molecule has 126 valence electrons. The molecule has 0 spiro atoms. The van der Waals surface area contributed by atoms with Crippen molar-refractivity contribution in [3.63, 3.8) is 0 Å². The first-order chi connectivity index (χ1) is 11.7. The first-order valence-corrected chi connectivity index (χ1v) is 8.51. The monoisotopic (exact) mass is 327 g/mol. The van der Waals surface area contributed by atoms with Gasteiger partial charge in [-0.3, -0.25) is 4.79 Å². The van der Waals surface area contributed by atoms with Gasteiger partial charge in [-0.05, 0) is 38.3 Å². The Balaban J connectivity index is 1.64. The van der Waals surface area contributed by atoms with E-state index >= 15 is 0 Å². The van der Waals surface area contributed by atoms with Crippen LogP contribution in [0.3, 0.4) is 0 Å². The van der Waals surface area contributed by atoms with Gasteiger partial charge in [-0.25, -0.2) is 4.98 Å². The van der Waals surface area contributed by atoms with E-state index in [2.05, 4.69) is 25.8 Å². The third kappa shape index (κ3) is 2.53. The van der Waals surface area contributed by atoms with Gasteiger partial charge in [-0.15, -0.1) is 10.2 Å². The van der Waals surface area contributed by atoms with Gasteiger partial charge in [0.15, 0.2) is 0 Å². The molecule has 7 heteroatoms. The van der Waals surface area contributed by atoms with Crippen molar-refractivity contribution >= 4 is 11.7 Å². The highest BCUT2D eigenvalue weighted by molar-refractivity contribution is 5.88. The van der Waals surface area contributed by atoms with E-state index in [0.29, 0.717) is 30.8 Å². The Hall–Kier alpha value is -2.44. The number of carbonyl (C=O) groups excluding carboxylic acids is 1. The molecule has 1 saturated carbocycles. The van der Waals surface area contributed by atoms with Crippen LogP contribution in [-0.4, -0.2) is 33.7 Å².